The highest BCUT2D eigenvalue weighted by Crippen LogP contribution is 2.35. The average molecular weight is 411 g/mol. The first-order valence-corrected chi connectivity index (χ1v) is 9.77. The number of pyridine rings is 1. The fourth-order valence-corrected chi connectivity index (χ4v) is 4.41. The van der Waals surface area contributed by atoms with Gasteiger partial charge in [0.2, 0.25) is 0 Å². The number of benzene rings is 1. The second-order valence-corrected chi connectivity index (χ2v) is 7.68. The monoisotopic (exact) mass is 411 g/mol. The summed E-state index contributed by atoms with van der Waals surface area (Å²) in [6.07, 6.45) is 3.08. The molecule has 8 nitrogen and oxygen atoms in total. The van der Waals surface area contributed by atoms with Gasteiger partial charge in [-0.2, -0.15) is 0 Å². The quantitative estimate of drug-likeness (QED) is 0.642. The van der Waals surface area contributed by atoms with Crippen LogP contribution in [0.3, 0.4) is 0 Å². The maximum absolute atomic E-state index is 13.3. The second-order valence-electron chi connectivity index (χ2n) is 7.68. The Morgan fingerprint density at radius 1 is 1.20 bits per heavy atom. The third-order valence-corrected chi connectivity index (χ3v) is 5.91. The van der Waals surface area contributed by atoms with E-state index < -0.39 is 17.5 Å². The second kappa shape index (κ2) is 7.74. The van der Waals surface area contributed by atoms with Gasteiger partial charge in [0, 0.05) is 25.7 Å². The molecule has 2 aliphatic rings. The van der Waals surface area contributed by atoms with Crippen molar-refractivity contribution < 1.29 is 18.8 Å². The van der Waals surface area contributed by atoms with Crippen molar-refractivity contribution in [2.45, 2.75) is 24.8 Å². The van der Waals surface area contributed by atoms with Gasteiger partial charge in [-0.3, -0.25) is 14.9 Å². The lowest BCUT2D eigenvalue weighted by atomic mass is 9.74. The molecular weight excluding hydrogens is 389 g/mol. The van der Waals surface area contributed by atoms with Crippen LogP contribution in [0, 0.1) is 11.7 Å². The Morgan fingerprint density at radius 2 is 1.90 bits per heavy atom. The summed E-state index contributed by atoms with van der Waals surface area (Å²) in [5.41, 5.74) is 5.48. The molecule has 2 aliphatic heterocycles. The van der Waals surface area contributed by atoms with Gasteiger partial charge in [0.1, 0.15) is 17.2 Å². The van der Waals surface area contributed by atoms with Crippen molar-refractivity contribution in [3.8, 4) is 0 Å². The fraction of sp³-hybridized carbons (Fsp3) is 0.333. The van der Waals surface area contributed by atoms with E-state index in [-0.39, 0.29) is 24.1 Å². The summed E-state index contributed by atoms with van der Waals surface area (Å²) in [6, 6.07) is 8.70. The normalized spacial score (nSPS) is 22.0. The number of carbonyl (C=O) groups excluding carboxylic acids is 3. The Labute approximate surface area is 172 Å². The van der Waals surface area contributed by atoms with E-state index >= 15 is 0 Å². The summed E-state index contributed by atoms with van der Waals surface area (Å²) in [6.45, 7) is 1.10. The number of urea groups is 1. The minimum atomic E-state index is -1.10. The lowest BCUT2D eigenvalue weighted by molar-refractivity contribution is -0.126. The number of hydrogen-bond donors (Lipinski definition) is 3. The number of primary amides is 1. The predicted octanol–water partition coefficient (Wildman–Crippen LogP) is 1.36. The van der Waals surface area contributed by atoms with E-state index in [1.54, 1.807) is 30.5 Å². The molecule has 3 heterocycles. The molecule has 0 bridgehead atoms. The molecular formula is C21H22FN5O3. The Bertz CT molecular complexity index is 988. The summed E-state index contributed by atoms with van der Waals surface area (Å²) in [5, 5.41) is 5.19. The van der Waals surface area contributed by atoms with Crippen LogP contribution in [0.15, 0.2) is 42.6 Å². The number of amides is 4. The van der Waals surface area contributed by atoms with Gasteiger partial charge >= 0.3 is 6.03 Å². The highest BCUT2D eigenvalue weighted by atomic mass is 19.1. The molecule has 156 valence electrons. The number of imide groups is 1. The Morgan fingerprint density at radius 3 is 2.50 bits per heavy atom. The number of nitrogens with two attached hydrogens (primary N) is 1. The summed E-state index contributed by atoms with van der Waals surface area (Å²) in [5.74, 6) is -0.884. The molecule has 4 rings (SSSR count). The van der Waals surface area contributed by atoms with Crippen LogP contribution in [0.5, 0.6) is 0 Å². The number of carbonyl (C=O) groups is 3. The molecule has 1 aromatic heterocycles. The van der Waals surface area contributed by atoms with Crippen LogP contribution < -0.4 is 21.3 Å². The molecule has 2 saturated heterocycles. The third-order valence-electron chi connectivity index (χ3n) is 5.91. The van der Waals surface area contributed by atoms with Crippen LogP contribution in [0.1, 0.15) is 28.8 Å². The lowest BCUT2D eigenvalue weighted by Gasteiger charge is -2.41. The van der Waals surface area contributed by atoms with Crippen LogP contribution in [0.4, 0.5) is 15.0 Å². The number of piperidine rings is 1. The van der Waals surface area contributed by atoms with Crippen molar-refractivity contribution in [3.63, 3.8) is 0 Å². The molecule has 2 aromatic rings. The van der Waals surface area contributed by atoms with Gasteiger partial charge in [0.15, 0.2) is 0 Å². The first kappa shape index (κ1) is 19.8. The van der Waals surface area contributed by atoms with Crippen LogP contribution >= 0.6 is 0 Å². The molecule has 2 fully saturated rings. The van der Waals surface area contributed by atoms with E-state index in [9.17, 15) is 18.8 Å². The zero-order valence-corrected chi connectivity index (χ0v) is 16.2. The summed E-state index contributed by atoms with van der Waals surface area (Å²) >= 11 is 0. The molecule has 9 heteroatoms. The van der Waals surface area contributed by atoms with E-state index in [1.165, 1.54) is 12.1 Å². The first-order chi connectivity index (χ1) is 14.4. The Balaban J connectivity index is 1.56. The van der Waals surface area contributed by atoms with E-state index in [0.717, 1.165) is 5.56 Å². The SMILES string of the molecule is NC(=O)c1cccnc1N1CCC([C@@]2(Cc3ccc(F)cc3)NC(=O)NC2=O)CC1. The number of anilines is 1. The van der Waals surface area contributed by atoms with Gasteiger partial charge in [-0.25, -0.2) is 14.2 Å². The zero-order valence-electron chi connectivity index (χ0n) is 16.2. The topological polar surface area (TPSA) is 117 Å². The van der Waals surface area contributed by atoms with Crippen molar-refractivity contribution in [2.75, 3.05) is 18.0 Å². The number of aromatic nitrogens is 1. The van der Waals surface area contributed by atoms with E-state index in [1.807, 2.05) is 4.90 Å². The largest absolute Gasteiger partial charge is 0.365 e. The molecule has 0 radical (unpaired) electrons. The van der Waals surface area contributed by atoms with Crippen LogP contribution in [-0.4, -0.2) is 41.5 Å². The van der Waals surface area contributed by atoms with E-state index in [0.29, 0.717) is 37.3 Å². The molecule has 1 aromatic carbocycles. The third kappa shape index (κ3) is 3.58. The van der Waals surface area contributed by atoms with Crippen molar-refractivity contribution in [3.05, 3.63) is 59.5 Å². The van der Waals surface area contributed by atoms with Crippen molar-refractivity contribution >= 4 is 23.7 Å². The summed E-state index contributed by atoms with van der Waals surface area (Å²) in [4.78, 5) is 42.8. The van der Waals surface area contributed by atoms with E-state index in [2.05, 4.69) is 15.6 Å². The zero-order chi connectivity index (χ0) is 21.3. The maximum atomic E-state index is 13.3. The van der Waals surface area contributed by atoms with Crippen LogP contribution in [0.25, 0.3) is 0 Å². The van der Waals surface area contributed by atoms with Crippen molar-refractivity contribution in [2.24, 2.45) is 11.7 Å². The molecule has 1 atom stereocenters. The molecule has 0 unspecified atom stereocenters. The smallest absolute Gasteiger partial charge is 0.322 e. The minimum absolute atomic E-state index is 0.133. The van der Waals surface area contributed by atoms with Crippen LogP contribution in [0.2, 0.25) is 0 Å². The number of nitrogens with zero attached hydrogens (tertiary/aromatic N) is 2. The van der Waals surface area contributed by atoms with E-state index in [4.69, 9.17) is 5.73 Å². The standard InChI is InChI=1S/C21H22FN5O3/c22-15-5-3-13(4-6-15)12-21(19(29)25-20(30)26-21)14-7-10-27(11-8-14)18-16(17(23)28)2-1-9-24-18/h1-6,9,14H,7-8,10-12H2,(H2,23,28)(H2,25,26,29,30)/t21-/m1/s1. The molecule has 0 saturated carbocycles. The molecule has 0 aliphatic carbocycles. The van der Waals surface area contributed by atoms with Crippen LogP contribution in [-0.2, 0) is 11.2 Å². The summed E-state index contributed by atoms with van der Waals surface area (Å²) in [7, 11) is 0. The number of nitrogens with one attached hydrogen (secondary N) is 2. The lowest BCUT2D eigenvalue weighted by Crippen LogP contribution is -2.57. The summed E-state index contributed by atoms with van der Waals surface area (Å²) < 4.78 is 13.3. The highest BCUT2D eigenvalue weighted by Gasteiger charge is 2.52. The predicted molar refractivity (Wildman–Crippen MR) is 107 cm³/mol. The van der Waals surface area contributed by atoms with Gasteiger partial charge in [-0.05, 0) is 48.6 Å². The van der Waals surface area contributed by atoms with Crippen molar-refractivity contribution in [1.82, 2.24) is 15.6 Å². The van der Waals surface area contributed by atoms with Gasteiger partial charge in [-0.1, -0.05) is 12.1 Å². The molecule has 4 amide bonds. The van der Waals surface area contributed by atoms with Gasteiger partial charge in [0.05, 0.1) is 5.56 Å². The van der Waals surface area contributed by atoms with Gasteiger partial charge < -0.3 is 16.0 Å². The molecule has 0 spiro atoms. The Kier molecular flexibility index (Phi) is 5.11. The average Bonchev–Trinajstić information content (AvgIpc) is 3.03. The fourth-order valence-electron chi connectivity index (χ4n) is 4.41. The highest BCUT2D eigenvalue weighted by molar-refractivity contribution is 6.07. The molecule has 30 heavy (non-hydrogen) atoms. The first-order valence-electron chi connectivity index (χ1n) is 9.77. The number of halogens is 1. The van der Waals surface area contributed by atoms with Gasteiger partial charge in [0.25, 0.3) is 11.8 Å². The van der Waals surface area contributed by atoms with Crippen molar-refractivity contribution in [1.29, 1.82) is 0 Å². The Hall–Kier alpha value is -3.49. The maximum Gasteiger partial charge on any atom is 0.322 e. The minimum Gasteiger partial charge on any atom is -0.365 e. The number of hydrogen-bond acceptors (Lipinski definition) is 5. The number of rotatable bonds is 5. The molecule has 4 N–H and O–H groups in total. The van der Waals surface area contributed by atoms with Gasteiger partial charge in [-0.15, -0.1) is 0 Å².